The van der Waals surface area contributed by atoms with E-state index >= 15 is 0 Å². The molecule has 0 aliphatic carbocycles. The van der Waals surface area contributed by atoms with Crippen molar-refractivity contribution in [3.63, 3.8) is 0 Å². The predicted octanol–water partition coefficient (Wildman–Crippen LogP) is 8.65. The van der Waals surface area contributed by atoms with Gasteiger partial charge in [-0.2, -0.15) is 0 Å². The fourth-order valence-corrected chi connectivity index (χ4v) is 3.56. The summed E-state index contributed by atoms with van der Waals surface area (Å²) in [6.07, 6.45) is 24.4. The largest absolute Gasteiger partial charge is 0.466 e. The van der Waals surface area contributed by atoms with Gasteiger partial charge in [-0.15, -0.1) is 0 Å². The molecule has 0 amide bonds. The summed E-state index contributed by atoms with van der Waals surface area (Å²) in [7, 11) is 0. The van der Waals surface area contributed by atoms with E-state index in [0.29, 0.717) is 0 Å². The van der Waals surface area contributed by atoms with Gasteiger partial charge in [0.15, 0.2) is 0 Å². The smallest absolute Gasteiger partial charge is 0.104 e. The average Bonchev–Trinajstić information content (AvgIpc) is 3.07. The van der Waals surface area contributed by atoms with Gasteiger partial charge in [-0.05, 0) is 25.0 Å². The van der Waals surface area contributed by atoms with Crippen LogP contribution < -0.4 is 0 Å². The summed E-state index contributed by atoms with van der Waals surface area (Å²) in [5.41, 5.74) is 0. The van der Waals surface area contributed by atoms with Crippen molar-refractivity contribution in [2.75, 3.05) is 0 Å². The Morgan fingerprint density at radius 2 is 0.800 bits per heavy atom. The third-order valence-corrected chi connectivity index (χ3v) is 5.27. The van der Waals surface area contributed by atoms with Crippen LogP contribution in [0.15, 0.2) is 16.5 Å². The van der Waals surface area contributed by atoms with Crippen LogP contribution in [0, 0.1) is 0 Å². The van der Waals surface area contributed by atoms with Gasteiger partial charge in [0.25, 0.3) is 0 Å². The van der Waals surface area contributed by atoms with Crippen LogP contribution in [0.5, 0.6) is 0 Å². The van der Waals surface area contributed by atoms with Crippen molar-refractivity contribution in [2.24, 2.45) is 0 Å². The van der Waals surface area contributed by atoms with Gasteiger partial charge in [-0.3, -0.25) is 0 Å². The van der Waals surface area contributed by atoms with Crippen molar-refractivity contribution in [3.05, 3.63) is 23.7 Å². The molecular formula is C24H44O. The highest BCUT2D eigenvalue weighted by Gasteiger charge is 2.02. The lowest BCUT2D eigenvalue weighted by Gasteiger charge is -2.02. The topological polar surface area (TPSA) is 13.1 Å². The molecule has 0 N–H and O–H groups in total. The highest BCUT2D eigenvalue weighted by molar-refractivity contribution is 5.07. The minimum atomic E-state index is 1.13. The lowest BCUT2D eigenvalue weighted by Crippen LogP contribution is -1.86. The second-order valence-corrected chi connectivity index (χ2v) is 7.82. The van der Waals surface area contributed by atoms with Gasteiger partial charge >= 0.3 is 0 Å². The summed E-state index contributed by atoms with van der Waals surface area (Å²) >= 11 is 0. The third-order valence-electron chi connectivity index (χ3n) is 5.27. The Balaban J connectivity index is 1.93. The summed E-state index contributed by atoms with van der Waals surface area (Å²) < 4.78 is 6.00. The van der Waals surface area contributed by atoms with Crippen molar-refractivity contribution in [1.29, 1.82) is 0 Å². The lowest BCUT2D eigenvalue weighted by molar-refractivity contribution is 0.445. The first kappa shape index (κ1) is 22.3. The standard InChI is InChI=1S/C24H44O/c1-3-5-7-9-11-13-15-17-19-23-21-22-24(25-23)20-18-16-14-12-10-8-6-4-2/h21-22H,3-20H2,1-2H3. The number of furan rings is 1. The Labute approximate surface area is 158 Å². The first-order chi connectivity index (χ1) is 12.4. The fraction of sp³-hybridized carbons (Fsp3) is 0.833. The SMILES string of the molecule is CCCCCCCCCCc1ccc(CCCCCCCCCC)o1. The number of unbranched alkanes of at least 4 members (excludes halogenated alkanes) is 14. The van der Waals surface area contributed by atoms with Crippen molar-refractivity contribution < 1.29 is 4.42 Å². The molecule has 1 aromatic rings. The predicted molar refractivity (Wildman–Crippen MR) is 111 cm³/mol. The van der Waals surface area contributed by atoms with E-state index in [1.165, 1.54) is 114 Å². The van der Waals surface area contributed by atoms with Gasteiger partial charge in [0.2, 0.25) is 0 Å². The minimum Gasteiger partial charge on any atom is -0.466 e. The number of aryl methyl sites for hydroxylation is 2. The van der Waals surface area contributed by atoms with Crippen LogP contribution in [0.25, 0.3) is 0 Å². The summed E-state index contributed by atoms with van der Waals surface area (Å²) in [5.74, 6) is 2.42. The van der Waals surface area contributed by atoms with Gasteiger partial charge in [-0.25, -0.2) is 0 Å². The highest BCUT2D eigenvalue weighted by atomic mass is 16.3. The first-order valence-corrected chi connectivity index (χ1v) is 11.4. The maximum atomic E-state index is 6.00. The second kappa shape index (κ2) is 16.7. The Hall–Kier alpha value is -0.720. The van der Waals surface area contributed by atoms with Crippen molar-refractivity contribution in [3.8, 4) is 0 Å². The van der Waals surface area contributed by atoms with Gasteiger partial charge in [-0.1, -0.05) is 104 Å². The van der Waals surface area contributed by atoms with Gasteiger partial charge in [0.1, 0.15) is 11.5 Å². The minimum absolute atomic E-state index is 1.13. The number of hydrogen-bond acceptors (Lipinski definition) is 1. The van der Waals surface area contributed by atoms with Crippen LogP contribution in [0.2, 0.25) is 0 Å². The Kier molecular flexibility index (Phi) is 14.9. The van der Waals surface area contributed by atoms with Crippen molar-refractivity contribution >= 4 is 0 Å². The van der Waals surface area contributed by atoms with Gasteiger partial charge in [0.05, 0.1) is 0 Å². The molecule has 0 bridgehead atoms. The molecule has 25 heavy (non-hydrogen) atoms. The zero-order chi connectivity index (χ0) is 18.0. The van der Waals surface area contributed by atoms with E-state index in [-0.39, 0.29) is 0 Å². The molecule has 1 heterocycles. The summed E-state index contributed by atoms with van der Waals surface area (Å²) in [6.45, 7) is 4.57. The molecule has 0 unspecified atom stereocenters. The normalized spacial score (nSPS) is 11.3. The zero-order valence-electron chi connectivity index (χ0n) is 17.3. The van der Waals surface area contributed by atoms with Gasteiger partial charge < -0.3 is 4.42 Å². The van der Waals surface area contributed by atoms with E-state index in [1.54, 1.807) is 0 Å². The van der Waals surface area contributed by atoms with E-state index in [2.05, 4.69) is 26.0 Å². The zero-order valence-corrected chi connectivity index (χ0v) is 17.3. The number of hydrogen-bond donors (Lipinski definition) is 0. The van der Waals surface area contributed by atoms with Crippen molar-refractivity contribution in [1.82, 2.24) is 0 Å². The first-order valence-electron chi connectivity index (χ1n) is 11.4. The molecule has 1 heteroatoms. The molecule has 0 atom stereocenters. The van der Waals surface area contributed by atoms with Crippen LogP contribution in [0.4, 0.5) is 0 Å². The van der Waals surface area contributed by atoms with Gasteiger partial charge in [0, 0.05) is 12.8 Å². The molecule has 0 fully saturated rings. The monoisotopic (exact) mass is 348 g/mol. The molecule has 0 saturated heterocycles. The summed E-state index contributed by atoms with van der Waals surface area (Å²) in [4.78, 5) is 0. The molecule has 0 aliphatic heterocycles. The highest BCUT2D eigenvalue weighted by Crippen LogP contribution is 2.16. The average molecular weight is 349 g/mol. The van der Waals surface area contributed by atoms with E-state index in [0.717, 1.165) is 12.8 Å². The van der Waals surface area contributed by atoms with Crippen LogP contribution in [-0.2, 0) is 12.8 Å². The van der Waals surface area contributed by atoms with Crippen LogP contribution >= 0.6 is 0 Å². The Morgan fingerprint density at radius 3 is 1.16 bits per heavy atom. The molecule has 1 nitrogen and oxygen atoms in total. The van der Waals surface area contributed by atoms with Crippen LogP contribution in [0.1, 0.15) is 128 Å². The van der Waals surface area contributed by atoms with E-state index in [1.807, 2.05) is 0 Å². The molecular weight excluding hydrogens is 304 g/mol. The van der Waals surface area contributed by atoms with E-state index in [4.69, 9.17) is 4.42 Å². The molecule has 0 aromatic carbocycles. The molecule has 0 saturated carbocycles. The Morgan fingerprint density at radius 1 is 0.480 bits per heavy atom. The molecule has 1 aromatic heterocycles. The fourth-order valence-electron chi connectivity index (χ4n) is 3.56. The summed E-state index contributed by atoms with van der Waals surface area (Å²) in [5, 5.41) is 0. The molecule has 0 radical (unpaired) electrons. The molecule has 0 aliphatic rings. The molecule has 146 valence electrons. The van der Waals surface area contributed by atoms with Crippen LogP contribution in [0.3, 0.4) is 0 Å². The summed E-state index contributed by atoms with van der Waals surface area (Å²) in [6, 6.07) is 4.42. The maximum absolute atomic E-state index is 6.00. The van der Waals surface area contributed by atoms with E-state index in [9.17, 15) is 0 Å². The van der Waals surface area contributed by atoms with Crippen LogP contribution in [-0.4, -0.2) is 0 Å². The molecule has 1 rings (SSSR count). The van der Waals surface area contributed by atoms with E-state index < -0.39 is 0 Å². The quantitative estimate of drug-likeness (QED) is 0.242. The third kappa shape index (κ3) is 13.2. The lowest BCUT2D eigenvalue weighted by atomic mass is 10.1. The second-order valence-electron chi connectivity index (χ2n) is 7.82. The van der Waals surface area contributed by atoms with Crippen molar-refractivity contribution in [2.45, 2.75) is 129 Å². The number of rotatable bonds is 18. The Bertz CT molecular complexity index is 345. The maximum Gasteiger partial charge on any atom is 0.104 e. The molecule has 0 spiro atoms.